The quantitative estimate of drug-likeness (QED) is 0.509. The molecule has 0 saturated heterocycles. The molecule has 1 aliphatic rings. The van der Waals surface area contributed by atoms with Crippen LogP contribution in [0.25, 0.3) is 22.0 Å². The Morgan fingerprint density at radius 1 is 1.23 bits per heavy atom. The molecule has 2 N–H and O–H groups in total. The first-order valence-corrected chi connectivity index (χ1v) is 8.16. The normalized spacial score (nSPS) is 16.0. The predicted molar refractivity (Wildman–Crippen MR) is 95.7 cm³/mol. The third kappa shape index (κ3) is 2.78. The molecule has 1 radical (unpaired) electrons. The van der Waals surface area contributed by atoms with Crippen LogP contribution in [0.1, 0.15) is 13.8 Å². The molecule has 2 aromatic heterocycles. The van der Waals surface area contributed by atoms with Crippen molar-refractivity contribution >= 4 is 22.5 Å². The van der Waals surface area contributed by atoms with E-state index in [1.165, 1.54) is 4.57 Å². The zero-order valence-electron chi connectivity index (χ0n) is 14.6. The number of H-pyrrole nitrogens is 1. The van der Waals surface area contributed by atoms with Gasteiger partial charge >= 0.3 is 0 Å². The van der Waals surface area contributed by atoms with Crippen LogP contribution >= 0.6 is 0 Å². The van der Waals surface area contributed by atoms with E-state index in [-0.39, 0.29) is 37.8 Å². The van der Waals surface area contributed by atoms with Crippen molar-refractivity contribution < 1.29 is 30.0 Å². The number of carbonyl (C=O) groups excluding carboxylic acids is 1. The summed E-state index contributed by atoms with van der Waals surface area (Å²) in [7, 11) is 1.71. The number of nitrogens with one attached hydrogen (secondary N) is 2. The van der Waals surface area contributed by atoms with Gasteiger partial charge in [0.15, 0.2) is 6.10 Å². The molecule has 1 unspecified atom stereocenters. The van der Waals surface area contributed by atoms with E-state index in [1.807, 2.05) is 26.0 Å². The van der Waals surface area contributed by atoms with Crippen molar-refractivity contribution in [3.05, 3.63) is 47.0 Å². The molecule has 1 aromatic carbocycles. The van der Waals surface area contributed by atoms with Crippen molar-refractivity contribution in [1.29, 1.82) is 0 Å². The summed E-state index contributed by atoms with van der Waals surface area (Å²) in [6.45, 7) is 3.89. The van der Waals surface area contributed by atoms with Gasteiger partial charge in [0, 0.05) is 51.0 Å². The molecule has 0 aliphatic carbocycles. The number of aryl methyl sites for hydroxylation is 1. The van der Waals surface area contributed by atoms with E-state index >= 15 is 0 Å². The maximum Gasteiger partial charge on any atom is 0.274 e. The SMILES string of the molecule is CC(C)C1Oc2c(c[c-]cc2-c2cn(C)c(=O)c3[nH]ccc23)NC1=O.[Re]. The summed E-state index contributed by atoms with van der Waals surface area (Å²) < 4.78 is 7.59. The molecule has 0 bridgehead atoms. The number of anilines is 1. The van der Waals surface area contributed by atoms with Gasteiger partial charge in [-0.15, -0.1) is 0 Å². The molecule has 26 heavy (non-hydrogen) atoms. The first-order chi connectivity index (χ1) is 12.0. The molecule has 0 spiro atoms. The fraction of sp³-hybridized carbons (Fsp3) is 0.263. The molecular weight excluding hydrogens is 504 g/mol. The number of rotatable bonds is 2. The summed E-state index contributed by atoms with van der Waals surface area (Å²) in [4.78, 5) is 27.5. The van der Waals surface area contributed by atoms with Crippen LogP contribution in [0.4, 0.5) is 5.69 Å². The largest absolute Gasteiger partial charge is 0.503 e. The number of hydrogen-bond donors (Lipinski definition) is 2. The Balaban J connectivity index is 0.00000196. The summed E-state index contributed by atoms with van der Waals surface area (Å²) in [5, 5.41) is 3.71. The number of aromatic nitrogens is 2. The van der Waals surface area contributed by atoms with Crippen molar-refractivity contribution in [1.82, 2.24) is 9.55 Å². The van der Waals surface area contributed by atoms with Crippen LogP contribution in [0.2, 0.25) is 0 Å². The van der Waals surface area contributed by atoms with Crippen LogP contribution in [0, 0.1) is 12.0 Å². The number of amides is 1. The average molecular weight is 523 g/mol. The molecule has 1 amide bonds. The van der Waals surface area contributed by atoms with E-state index in [2.05, 4.69) is 16.4 Å². The Morgan fingerprint density at radius 2 is 2.00 bits per heavy atom. The summed E-state index contributed by atoms with van der Waals surface area (Å²) in [6, 6.07) is 8.44. The van der Waals surface area contributed by atoms with E-state index in [4.69, 9.17) is 4.74 Å². The van der Waals surface area contributed by atoms with Crippen LogP contribution in [-0.4, -0.2) is 21.6 Å². The standard InChI is InChI=1S/C19H18N3O3.Re/c1-10(2)16-18(23)21-14-6-4-5-12(17(14)25-16)13-9-22(3)19(24)15-11(13)7-8-20-15;/h5-10,16,20H,1-3H3,(H,21,23);/q-1;. The van der Waals surface area contributed by atoms with Gasteiger partial charge < -0.3 is 19.6 Å². The van der Waals surface area contributed by atoms with Gasteiger partial charge in [-0.3, -0.25) is 9.59 Å². The van der Waals surface area contributed by atoms with Gasteiger partial charge in [-0.25, -0.2) is 0 Å². The van der Waals surface area contributed by atoms with Gasteiger partial charge in [0.05, 0.1) is 0 Å². The number of pyridine rings is 1. The minimum atomic E-state index is -0.553. The molecule has 4 rings (SSSR count). The van der Waals surface area contributed by atoms with E-state index in [0.29, 0.717) is 17.0 Å². The molecule has 0 saturated carbocycles. The summed E-state index contributed by atoms with van der Waals surface area (Å²) >= 11 is 0. The molecule has 3 heterocycles. The fourth-order valence-corrected chi connectivity index (χ4v) is 3.21. The first kappa shape index (κ1) is 18.4. The van der Waals surface area contributed by atoms with E-state index in [0.717, 1.165) is 16.5 Å². The van der Waals surface area contributed by atoms with Gasteiger partial charge in [0.25, 0.3) is 11.5 Å². The monoisotopic (exact) mass is 523 g/mol. The summed E-state index contributed by atoms with van der Waals surface area (Å²) in [5.41, 5.74) is 2.69. The molecule has 0 fully saturated rings. The number of ether oxygens (including phenoxy) is 1. The zero-order valence-corrected chi connectivity index (χ0v) is 17.3. The number of benzene rings is 1. The smallest absolute Gasteiger partial charge is 0.274 e. The Hall–Kier alpha value is -2.36. The summed E-state index contributed by atoms with van der Waals surface area (Å²) in [5.74, 6) is 0.496. The number of nitrogens with zero attached hydrogens (tertiary/aromatic N) is 1. The van der Waals surface area contributed by atoms with E-state index in [9.17, 15) is 9.59 Å². The van der Waals surface area contributed by atoms with Crippen LogP contribution < -0.4 is 15.6 Å². The Labute approximate surface area is 164 Å². The number of hydrogen-bond acceptors (Lipinski definition) is 3. The number of fused-ring (bicyclic) bond motifs is 2. The molecular formula is C19H18N3O3Re-. The van der Waals surface area contributed by atoms with E-state index < -0.39 is 6.10 Å². The van der Waals surface area contributed by atoms with Crippen LogP contribution in [0.5, 0.6) is 5.75 Å². The van der Waals surface area contributed by atoms with Crippen LogP contribution in [0.15, 0.2) is 35.4 Å². The second-order valence-corrected chi connectivity index (χ2v) is 6.61. The topological polar surface area (TPSA) is 76.1 Å². The van der Waals surface area contributed by atoms with Gasteiger partial charge in [0.2, 0.25) is 0 Å². The Kier molecular flexibility index (Phi) is 4.78. The Bertz CT molecular complexity index is 1050. The zero-order chi connectivity index (χ0) is 17.7. The van der Waals surface area contributed by atoms with Crippen LogP contribution in [0.3, 0.4) is 0 Å². The second kappa shape index (κ2) is 6.75. The summed E-state index contributed by atoms with van der Waals surface area (Å²) in [6.07, 6.45) is 2.98. The number of carbonyl (C=O) groups is 1. The van der Waals surface area contributed by atoms with Crippen molar-refractivity contribution in [3.8, 4) is 16.9 Å². The third-order valence-corrected chi connectivity index (χ3v) is 4.50. The maximum atomic E-state index is 12.3. The number of aromatic amines is 1. The minimum Gasteiger partial charge on any atom is -0.503 e. The van der Waals surface area contributed by atoms with E-state index in [1.54, 1.807) is 25.5 Å². The molecule has 1 atom stereocenters. The third-order valence-electron chi connectivity index (χ3n) is 4.50. The second-order valence-electron chi connectivity index (χ2n) is 6.61. The molecule has 6 nitrogen and oxygen atoms in total. The van der Waals surface area contributed by atoms with Gasteiger partial charge in [-0.05, 0) is 23.2 Å². The van der Waals surface area contributed by atoms with Crippen molar-refractivity contribution in [2.24, 2.45) is 13.0 Å². The molecule has 7 heteroatoms. The van der Waals surface area contributed by atoms with Gasteiger partial charge in [-0.1, -0.05) is 19.4 Å². The van der Waals surface area contributed by atoms with Crippen molar-refractivity contribution in [3.63, 3.8) is 0 Å². The van der Waals surface area contributed by atoms with Gasteiger partial charge in [0.1, 0.15) is 5.52 Å². The molecule has 3 aromatic rings. The molecule has 1 aliphatic heterocycles. The van der Waals surface area contributed by atoms with Crippen molar-refractivity contribution in [2.75, 3.05) is 5.32 Å². The van der Waals surface area contributed by atoms with Crippen LogP contribution in [-0.2, 0) is 32.3 Å². The first-order valence-electron chi connectivity index (χ1n) is 8.16. The predicted octanol–water partition coefficient (Wildman–Crippen LogP) is 2.69. The molecule has 135 valence electrons. The van der Waals surface area contributed by atoms with Gasteiger partial charge in [-0.2, -0.15) is 18.2 Å². The minimum absolute atomic E-state index is 0. The fourth-order valence-electron chi connectivity index (χ4n) is 3.21. The Morgan fingerprint density at radius 3 is 2.73 bits per heavy atom. The maximum absolute atomic E-state index is 12.3. The average Bonchev–Trinajstić information content (AvgIpc) is 3.06. The van der Waals surface area contributed by atoms with Crippen molar-refractivity contribution in [2.45, 2.75) is 20.0 Å².